The van der Waals surface area contributed by atoms with Gasteiger partial charge in [0.25, 0.3) is 0 Å². The molecule has 0 amide bonds. The third-order valence-corrected chi connectivity index (χ3v) is 6.91. The lowest BCUT2D eigenvalue weighted by molar-refractivity contribution is 0.0863. The molecule has 0 atom stereocenters. The topological polar surface area (TPSA) is 15.7 Å². The maximum absolute atomic E-state index is 5.10. The van der Waals surface area contributed by atoms with E-state index in [-0.39, 0.29) is 0 Å². The molecule has 0 aromatic rings. The Kier molecular flexibility index (Phi) is 10.3. The van der Waals surface area contributed by atoms with Gasteiger partial charge in [-0.3, -0.25) is 0 Å². The summed E-state index contributed by atoms with van der Waals surface area (Å²) < 4.78 is 5.10. The third kappa shape index (κ3) is 9.28. The highest BCUT2D eigenvalue weighted by Crippen LogP contribution is 2.35. The van der Waals surface area contributed by atoms with E-state index < -0.39 is 0 Å². The maximum Gasteiger partial charge on any atom is 0.0589 e. The number of methoxy groups -OCH3 is 1. The van der Waals surface area contributed by atoms with E-state index in [0.29, 0.717) is 10.8 Å². The van der Waals surface area contributed by atoms with Crippen LogP contribution >= 0.6 is 0 Å². The fourth-order valence-electron chi connectivity index (χ4n) is 4.52. The van der Waals surface area contributed by atoms with Crippen LogP contribution in [0.1, 0.15) is 81.1 Å². The van der Waals surface area contributed by atoms with Crippen molar-refractivity contribution in [1.29, 1.82) is 0 Å². The minimum absolute atomic E-state index is 0.493. The second-order valence-electron chi connectivity index (χ2n) is 11.2. The van der Waals surface area contributed by atoms with E-state index in [4.69, 9.17) is 4.74 Å². The van der Waals surface area contributed by atoms with Gasteiger partial charge in [-0.05, 0) is 88.4 Å². The number of nitrogens with zero attached hydrogens (tertiary/aromatic N) is 2. The average molecular weight is 383 g/mol. The zero-order chi connectivity index (χ0) is 20.7. The fraction of sp³-hybridized carbons (Fsp3) is 1.00. The molecule has 2 saturated heterocycles. The smallest absolute Gasteiger partial charge is 0.0589 e. The van der Waals surface area contributed by atoms with Crippen LogP contribution in [0, 0.1) is 22.7 Å². The SMILES string of the molecule is CC(C)N1CCC(C(C)(C)C)CC1.COCCN1CCC(C(C)(C)C)CC1. The number of likely N-dealkylation sites (tertiary alicyclic amines) is 2. The van der Waals surface area contributed by atoms with Gasteiger partial charge in [-0.25, -0.2) is 0 Å². The number of ether oxygens (including phenoxy) is 1. The Labute approximate surface area is 171 Å². The Hall–Kier alpha value is -0.120. The Morgan fingerprint density at radius 1 is 0.778 bits per heavy atom. The van der Waals surface area contributed by atoms with Crippen LogP contribution in [-0.4, -0.2) is 62.3 Å². The molecule has 27 heavy (non-hydrogen) atoms. The number of piperidine rings is 2. The molecule has 0 aromatic carbocycles. The van der Waals surface area contributed by atoms with Crippen molar-refractivity contribution in [3.8, 4) is 0 Å². The molecule has 3 nitrogen and oxygen atoms in total. The molecule has 0 N–H and O–H groups in total. The largest absolute Gasteiger partial charge is 0.383 e. The van der Waals surface area contributed by atoms with E-state index in [0.717, 1.165) is 31.0 Å². The van der Waals surface area contributed by atoms with Crippen molar-refractivity contribution >= 4 is 0 Å². The summed E-state index contributed by atoms with van der Waals surface area (Å²) in [6.45, 7) is 25.9. The average Bonchev–Trinajstić information content (AvgIpc) is 2.59. The van der Waals surface area contributed by atoms with Gasteiger partial charge in [-0.2, -0.15) is 0 Å². The zero-order valence-corrected chi connectivity index (χ0v) is 20.1. The lowest BCUT2D eigenvalue weighted by atomic mass is 9.75. The van der Waals surface area contributed by atoms with E-state index >= 15 is 0 Å². The van der Waals surface area contributed by atoms with Crippen LogP contribution in [0.2, 0.25) is 0 Å². The van der Waals surface area contributed by atoms with Crippen molar-refractivity contribution in [3.05, 3.63) is 0 Å². The van der Waals surface area contributed by atoms with Gasteiger partial charge >= 0.3 is 0 Å². The quantitative estimate of drug-likeness (QED) is 0.634. The van der Waals surface area contributed by atoms with Crippen LogP contribution in [0.25, 0.3) is 0 Å². The summed E-state index contributed by atoms with van der Waals surface area (Å²) in [5, 5.41) is 0. The van der Waals surface area contributed by atoms with Gasteiger partial charge in [0.15, 0.2) is 0 Å². The number of hydrogen-bond acceptors (Lipinski definition) is 3. The van der Waals surface area contributed by atoms with E-state index in [9.17, 15) is 0 Å². The molecular formula is C24H50N2O. The van der Waals surface area contributed by atoms with Gasteiger partial charge < -0.3 is 14.5 Å². The molecule has 0 unspecified atom stereocenters. The first kappa shape index (κ1) is 24.9. The molecular weight excluding hydrogens is 332 g/mol. The fourth-order valence-corrected chi connectivity index (χ4v) is 4.52. The highest BCUT2D eigenvalue weighted by Gasteiger charge is 2.29. The summed E-state index contributed by atoms with van der Waals surface area (Å²) in [5.41, 5.74) is 1.01. The van der Waals surface area contributed by atoms with E-state index in [1.54, 1.807) is 7.11 Å². The molecule has 162 valence electrons. The van der Waals surface area contributed by atoms with Crippen molar-refractivity contribution in [2.75, 3.05) is 46.4 Å². The molecule has 0 aromatic heterocycles. The Bertz CT molecular complexity index is 378. The summed E-state index contributed by atoms with van der Waals surface area (Å²) in [7, 11) is 1.78. The molecule has 2 aliphatic heterocycles. The molecule has 3 heteroatoms. The van der Waals surface area contributed by atoms with Crippen LogP contribution in [-0.2, 0) is 4.74 Å². The molecule has 0 saturated carbocycles. The van der Waals surface area contributed by atoms with Gasteiger partial charge in [0.05, 0.1) is 6.61 Å². The van der Waals surface area contributed by atoms with Crippen molar-refractivity contribution < 1.29 is 4.74 Å². The summed E-state index contributed by atoms with van der Waals surface area (Å²) >= 11 is 0. The lowest BCUT2D eigenvalue weighted by Crippen LogP contribution is -2.41. The van der Waals surface area contributed by atoms with Gasteiger partial charge in [0.2, 0.25) is 0 Å². The highest BCUT2D eigenvalue weighted by atomic mass is 16.5. The standard InChI is InChI=1S/C12H25NO.C12H25N/c1-12(2,3)11-5-7-13(8-6-11)9-10-14-4;1-10(2)13-8-6-11(7-9-13)12(3,4)5/h11H,5-10H2,1-4H3;10-11H,6-9H2,1-5H3. The van der Waals surface area contributed by atoms with Crippen LogP contribution in [0.3, 0.4) is 0 Å². The monoisotopic (exact) mass is 382 g/mol. The van der Waals surface area contributed by atoms with Crippen molar-refractivity contribution in [2.24, 2.45) is 22.7 Å². The molecule has 0 aliphatic carbocycles. The highest BCUT2D eigenvalue weighted by molar-refractivity contribution is 4.82. The summed E-state index contributed by atoms with van der Waals surface area (Å²) in [4.78, 5) is 5.12. The van der Waals surface area contributed by atoms with Gasteiger partial charge in [0, 0.05) is 19.7 Å². The minimum atomic E-state index is 0.493. The number of rotatable bonds is 4. The van der Waals surface area contributed by atoms with E-state index in [1.807, 2.05) is 0 Å². The second kappa shape index (κ2) is 11.2. The predicted molar refractivity (Wildman–Crippen MR) is 119 cm³/mol. The van der Waals surface area contributed by atoms with Crippen LogP contribution < -0.4 is 0 Å². The van der Waals surface area contributed by atoms with Crippen LogP contribution in [0.15, 0.2) is 0 Å². The third-order valence-electron chi connectivity index (χ3n) is 6.91. The maximum atomic E-state index is 5.10. The van der Waals surface area contributed by atoms with Crippen LogP contribution in [0.4, 0.5) is 0 Å². The molecule has 0 radical (unpaired) electrons. The van der Waals surface area contributed by atoms with Crippen molar-refractivity contribution in [2.45, 2.75) is 87.1 Å². The predicted octanol–water partition coefficient (Wildman–Crippen LogP) is 5.54. The van der Waals surface area contributed by atoms with Crippen LogP contribution in [0.5, 0.6) is 0 Å². The Morgan fingerprint density at radius 3 is 1.52 bits per heavy atom. The van der Waals surface area contributed by atoms with Crippen molar-refractivity contribution in [3.63, 3.8) is 0 Å². The lowest BCUT2D eigenvalue weighted by Gasteiger charge is -2.40. The van der Waals surface area contributed by atoms with Crippen molar-refractivity contribution in [1.82, 2.24) is 9.80 Å². The molecule has 2 rings (SSSR count). The van der Waals surface area contributed by atoms with Gasteiger partial charge in [-0.1, -0.05) is 41.5 Å². The first-order valence-electron chi connectivity index (χ1n) is 11.4. The Morgan fingerprint density at radius 2 is 1.19 bits per heavy atom. The van der Waals surface area contributed by atoms with E-state index in [2.05, 4.69) is 65.2 Å². The molecule has 2 aliphatic rings. The normalized spacial score (nSPS) is 22.0. The van der Waals surface area contributed by atoms with Gasteiger partial charge in [-0.15, -0.1) is 0 Å². The first-order valence-corrected chi connectivity index (χ1v) is 11.4. The van der Waals surface area contributed by atoms with Gasteiger partial charge in [0.1, 0.15) is 0 Å². The molecule has 2 heterocycles. The summed E-state index contributed by atoms with van der Waals surface area (Å²) in [6, 6.07) is 0.737. The Balaban J connectivity index is 0.000000271. The molecule has 0 bridgehead atoms. The minimum Gasteiger partial charge on any atom is -0.383 e. The first-order chi connectivity index (χ1) is 12.4. The summed E-state index contributed by atoms with van der Waals surface area (Å²) in [6.07, 6.45) is 5.49. The van der Waals surface area contributed by atoms with E-state index in [1.165, 1.54) is 51.9 Å². The zero-order valence-electron chi connectivity index (χ0n) is 20.1. The number of hydrogen-bond donors (Lipinski definition) is 0. The second-order valence-corrected chi connectivity index (χ2v) is 11.2. The molecule has 2 fully saturated rings. The molecule has 0 spiro atoms. The summed E-state index contributed by atoms with van der Waals surface area (Å²) in [5.74, 6) is 1.84.